The molecule has 118 valence electrons. The highest BCUT2D eigenvalue weighted by molar-refractivity contribution is 5.84. The van der Waals surface area contributed by atoms with Crippen molar-refractivity contribution in [3.8, 4) is 0 Å². The zero-order valence-corrected chi connectivity index (χ0v) is 13.5. The maximum atomic E-state index is 13.1. The normalized spacial score (nSPS) is 33.3. The van der Waals surface area contributed by atoms with Crippen LogP contribution in [0, 0.1) is 18.3 Å². The Balaban J connectivity index is 1.54. The Bertz CT molecular complexity index is 597. The maximum absolute atomic E-state index is 13.1. The number of fused-ring (bicyclic) bond motifs is 2. The van der Waals surface area contributed by atoms with E-state index in [0.29, 0.717) is 11.8 Å². The molecule has 2 fully saturated rings. The van der Waals surface area contributed by atoms with Gasteiger partial charge in [-0.25, -0.2) is 0 Å². The Morgan fingerprint density at radius 2 is 2.23 bits per heavy atom. The maximum Gasteiger partial charge on any atom is 0.228 e. The Labute approximate surface area is 132 Å². The first-order valence-corrected chi connectivity index (χ1v) is 8.80. The average molecular weight is 298 g/mol. The van der Waals surface area contributed by atoms with Crippen LogP contribution in [0.1, 0.15) is 54.8 Å². The minimum absolute atomic E-state index is 0.133. The van der Waals surface area contributed by atoms with Crippen LogP contribution in [0.25, 0.3) is 0 Å². The summed E-state index contributed by atoms with van der Waals surface area (Å²) in [5.41, 5.74) is 3.95. The van der Waals surface area contributed by atoms with E-state index in [-0.39, 0.29) is 11.5 Å². The van der Waals surface area contributed by atoms with Gasteiger partial charge >= 0.3 is 0 Å². The van der Waals surface area contributed by atoms with Crippen molar-refractivity contribution in [3.05, 3.63) is 34.9 Å². The molecule has 0 aromatic heterocycles. The summed E-state index contributed by atoms with van der Waals surface area (Å²) in [5.74, 6) is 0.848. The van der Waals surface area contributed by atoms with Gasteiger partial charge in [-0.3, -0.25) is 4.79 Å². The van der Waals surface area contributed by atoms with Crippen molar-refractivity contribution in [3.63, 3.8) is 0 Å². The van der Waals surface area contributed by atoms with Crippen LogP contribution >= 0.6 is 0 Å². The van der Waals surface area contributed by atoms with Crippen LogP contribution in [0.4, 0.5) is 0 Å². The second-order valence-electron chi connectivity index (χ2n) is 7.50. The minimum Gasteiger partial charge on any atom is -0.349 e. The predicted octanol–water partition coefficient (Wildman–Crippen LogP) is 2.88. The molecule has 3 nitrogen and oxygen atoms in total. The summed E-state index contributed by atoms with van der Waals surface area (Å²) in [4.78, 5) is 13.1. The smallest absolute Gasteiger partial charge is 0.228 e. The number of rotatable bonds is 2. The number of aryl methyl sites for hydroxylation is 2. The van der Waals surface area contributed by atoms with Gasteiger partial charge in [0.05, 0.1) is 11.5 Å². The molecule has 3 heteroatoms. The molecule has 2 N–H and O–H groups in total. The quantitative estimate of drug-likeness (QED) is 0.881. The van der Waals surface area contributed by atoms with E-state index < -0.39 is 0 Å². The van der Waals surface area contributed by atoms with Crippen molar-refractivity contribution in [1.29, 1.82) is 0 Å². The zero-order valence-electron chi connectivity index (χ0n) is 13.5. The summed E-state index contributed by atoms with van der Waals surface area (Å²) in [6.07, 6.45) is 6.90. The van der Waals surface area contributed by atoms with E-state index >= 15 is 0 Å². The van der Waals surface area contributed by atoms with Gasteiger partial charge in [-0.15, -0.1) is 0 Å². The van der Waals surface area contributed by atoms with Gasteiger partial charge in [0, 0.05) is 6.54 Å². The number of carbonyl (C=O) groups excluding carboxylic acids is 1. The molecule has 2 aliphatic carbocycles. The molecule has 3 atom stereocenters. The van der Waals surface area contributed by atoms with E-state index in [0.717, 1.165) is 32.4 Å². The van der Waals surface area contributed by atoms with Crippen LogP contribution in [0.5, 0.6) is 0 Å². The van der Waals surface area contributed by atoms with Crippen LogP contribution in [0.2, 0.25) is 0 Å². The fourth-order valence-corrected chi connectivity index (χ4v) is 4.89. The molecule has 1 saturated heterocycles. The number of benzene rings is 1. The summed E-state index contributed by atoms with van der Waals surface area (Å²) in [6, 6.07) is 6.88. The lowest BCUT2D eigenvalue weighted by Crippen LogP contribution is -2.48. The van der Waals surface area contributed by atoms with Crippen molar-refractivity contribution in [1.82, 2.24) is 10.6 Å². The Morgan fingerprint density at radius 3 is 3.14 bits per heavy atom. The monoisotopic (exact) mass is 298 g/mol. The Hall–Kier alpha value is -1.35. The average Bonchev–Trinajstić information content (AvgIpc) is 3.12. The van der Waals surface area contributed by atoms with E-state index in [1.54, 1.807) is 0 Å². The highest BCUT2D eigenvalue weighted by atomic mass is 16.2. The van der Waals surface area contributed by atoms with Gasteiger partial charge in [-0.1, -0.05) is 36.6 Å². The summed E-state index contributed by atoms with van der Waals surface area (Å²) in [5, 5.41) is 6.88. The summed E-state index contributed by atoms with van der Waals surface area (Å²) < 4.78 is 0. The molecular weight excluding hydrogens is 272 g/mol. The predicted molar refractivity (Wildman–Crippen MR) is 87.6 cm³/mol. The molecule has 0 radical (unpaired) electrons. The molecule has 1 amide bonds. The van der Waals surface area contributed by atoms with Crippen molar-refractivity contribution in [2.75, 3.05) is 13.1 Å². The van der Waals surface area contributed by atoms with Crippen LogP contribution in [0.3, 0.4) is 0 Å². The summed E-state index contributed by atoms with van der Waals surface area (Å²) in [7, 11) is 0. The van der Waals surface area contributed by atoms with E-state index in [9.17, 15) is 4.79 Å². The van der Waals surface area contributed by atoms with E-state index in [1.807, 2.05) is 0 Å². The zero-order chi connectivity index (χ0) is 15.2. The van der Waals surface area contributed by atoms with E-state index in [2.05, 4.69) is 35.8 Å². The highest BCUT2D eigenvalue weighted by Gasteiger charge is 2.50. The minimum atomic E-state index is -0.133. The third-order valence-electron chi connectivity index (χ3n) is 6.17. The Morgan fingerprint density at radius 1 is 1.32 bits per heavy atom. The third-order valence-corrected chi connectivity index (χ3v) is 6.17. The largest absolute Gasteiger partial charge is 0.349 e. The third kappa shape index (κ3) is 2.18. The lowest BCUT2D eigenvalue weighted by molar-refractivity contribution is -0.134. The van der Waals surface area contributed by atoms with E-state index in [4.69, 9.17) is 0 Å². The number of hydrogen-bond donors (Lipinski definition) is 2. The standard InChI is InChI=1S/C19H26N2O/c1-13-5-7-16-14(10-13)6-8-17(16)21-18(22)19-9-3-2-4-15(19)11-20-12-19/h5,7,10,15,17,20H,2-4,6,8-9,11-12H2,1H3,(H,21,22)/t15-,17?,19+/m0/s1. The van der Waals surface area contributed by atoms with Crippen LogP contribution in [-0.2, 0) is 11.2 Å². The molecule has 22 heavy (non-hydrogen) atoms. The number of nitrogens with one attached hydrogen (secondary N) is 2. The molecule has 1 aromatic rings. The van der Waals surface area contributed by atoms with Gasteiger partial charge in [0.2, 0.25) is 5.91 Å². The fourth-order valence-electron chi connectivity index (χ4n) is 4.89. The second kappa shape index (κ2) is 5.38. The molecule has 1 heterocycles. The molecule has 1 aromatic carbocycles. The van der Waals surface area contributed by atoms with Crippen molar-refractivity contribution < 1.29 is 4.79 Å². The fraction of sp³-hybridized carbons (Fsp3) is 0.632. The molecule has 1 aliphatic heterocycles. The lowest BCUT2D eigenvalue weighted by atomic mass is 9.67. The number of carbonyl (C=O) groups is 1. The molecular formula is C19H26N2O. The molecule has 1 saturated carbocycles. The molecule has 3 aliphatic rings. The SMILES string of the molecule is Cc1ccc2c(c1)CCC2NC(=O)[C@@]12CCCC[C@H]1CNC2. The lowest BCUT2D eigenvalue weighted by Gasteiger charge is -2.38. The van der Waals surface area contributed by atoms with E-state index in [1.165, 1.54) is 36.0 Å². The number of amides is 1. The molecule has 1 unspecified atom stereocenters. The second-order valence-corrected chi connectivity index (χ2v) is 7.50. The summed E-state index contributed by atoms with van der Waals surface area (Å²) >= 11 is 0. The van der Waals surface area contributed by atoms with Crippen molar-refractivity contribution in [2.24, 2.45) is 11.3 Å². The van der Waals surface area contributed by atoms with Crippen molar-refractivity contribution in [2.45, 2.75) is 51.5 Å². The van der Waals surface area contributed by atoms with Gasteiger partial charge in [-0.05, 0) is 56.2 Å². The highest BCUT2D eigenvalue weighted by Crippen LogP contribution is 2.44. The molecule has 0 spiro atoms. The van der Waals surface area contributed by atoms with Gasteiger partial charge in [0.25, 0.3) is 0 Å². The first kappa shape index (κ1) is 14.3. The molecule has 0 bridgehead atoms. The first-order valence-electron chi connectivity index (χ1n) is 8.80. The Kier molecular flexibility index (Phi) is 3.48. The van der Waals surface area contributed by atoms with Gasteiger partial charge in [0.1, 0.15) is 0 Å². The number of hydrogen-bond acceptors (Lipinski definition) is 2. The topological polar surface area (TPSA) is 41.1 Å². The summed E-state index contributed by atoms with van der Waals surface area (Å²) in [6.45, 7) is 4.03. The first-order chi connectivity index (χ1) is 10.7. The van der Waals surface area contributed by atoms with Crippen LogP contribution in [0.15, 0.2) is 18.2 Å². The van der Waals surface area contributed by atoms with Gasteiger partial charge < -0.3 is 10.6 Å². The van der Waals surface area contributed by atoms with Gasteiger partial charge in [0.15, 0.2) is 0 Å². The van der Waals surface area contributed by atoms with Gasteiger partial charge in [-0.2, -0.15) is 0 Å². The van der Waals surface area contributed by atoms with Crippen molar-refractivity contribution >= 4 is 5.91 Å². The van der Waals surface area contributed by atoms with Crippen LogP contribution < -0.4 is 10.6 Å². The molecule has 4 rings (SSSR count). The van der Waals surface area contributed by atoms with Crippen LogP contribution in [-0.4, -0.2) is 19.0 Å².